The van der Waals surface area contributed by atoms with Gasteiger partial charge in [-0.2, -0.15) is 10.5 Å². The molecule has 10 nitrogen and oxygen atoms in total. The van der Waals surface area contributed by atoms with Gasteiger partial charge in [0.1, 0.15) is 43.5 Å². The van der Waals surface area contributed by atoms with Gasteiger partial charge in [0.15, 0.2) is 0 Å². The van der Waals surface area contributed by atoms with E-state index in [2.05, 4.69) is 63.8 Å². The number of fused-ring (bicyclic) bond motifs is 2. The van der Waals surface area contributed by atoms with Crippen molar-refractivity contribution in [3.63, 3.8) is 0 Å². The standard InChI is InChI=1S/C25H27N3O3S2.C22H21N3OS/c1-16(2)31-23-10-7-17(13-18(23)14-26)25-28-15-24(32-25)21-6-4-5-20-19(21)8-9-22(20)27-11-12-33(3,29)30;1-13(2)26-20-9-6-14(10-15(20)11-23)22-25-12-21(27-22)18-5-3-4-17-16(18)7-8-19(17)24/h4-7,10,13,15-16,22,27H,8-9,11-12H2,1-3H3;3-6,9-10,12-13,19H,7-8,24H2,1-2H3/t22-;19-/m00/s1. The van der Waals surface area contributed by atoms with Crippen LogP contribution in [0.5, 0.6) is 11.5 Å². The summed E-state index contributed by atoms with van der Waals surface area (Å²) in [5, 5.41) is 24.2. The van der Waals surface area contributed by atoms with Crippen LogP contribution in [-0.4, -0.2) is 49.1 Å². The average molecular weight is 857 g/mol. The molecule has 0 aliphatic heterocycles. The van der Waals surface area contributed by atoms with Crippen LogP contribution >= 0.6 is 22.7 Å². The van der Waals surface area contributed by atoms with Gasteiger partial charge in [-0.3, -0.25) is 0 Å². The maximum Gasteiger partial charge on any atom is 0.148 e. The third-order valence-corrected chi connectivity index (χ3v) is 13.5. The van der Waals surface area contributed by atoms with E-state index in [0.717, 1.165) is 56.6 Å². The van der Waals surface area contributed by atoms with Crippen LogP contribution in [0.4, 0.5) is 0 Å². The molecule has 0 fully saturated rings. The van der Waals surface area contributed by atoms with Crippen molar-refractivity contribution in [2.24, 2.45) is 5.73 Å². The summed E-state index contributed by atoms with van der Waals surface area (Å²) >= 11 is 3.25. The van der Waals surface area contributed by atoms with Gasteiger partial charge in [0, 0.05) is 48.4 Å². The summed E-state index contributed by atoms with van der Waals surface area (Å²) in [4.78, 5) is 11.5. The molecule has 0 saturated carbocycles. The summed E-state index contributed by atoms with van der Waals surface area (Å²) in [6, 6.07) is 28.7. The molecule has 60 heavy (non-hydrogen) atoms. The molecule has 0 amide bonds. The number of hydrogen-bond donors (Lipinski definition) is 2. The normalized spacial score (nSPS) is 15.5. The first-order valence-corrected chi connectivity index (χ1v) is 23.8. The van der Waals surface area contributed by atoms with Gasteiger partial charge in [-0.05, 0) is 123 Å². The van der Waals surface area contributed by atoms with Crippen LogP contribution in [0.25, 0.3) is 42.0 Å². The molecule has 4 aromatic carbocycles. The third-order valence-electron chi connectivity index (χ3n) is 10.4. The number of rotatable bonds is 12. The van der Waals surface area contributed by atoms with E-state index in [0.29, 0.717) is 29.2 Å². The first-order chi connectivity index (χ1) is 28.8. The van der Waals surface area contributed by atoms with Gasteiger partial charge >= 0.3 is 0 Å². The van der Waals surface area contributed by atoms with Crippen molar-refractivity contribution in [1.29, 1.82) is 10.5 Å². The Morgan fingerprint density at radius 3 is 1.77 bits per heavy atom. The van der Waals surface area contributed by atoms with Crippen LogP contribution in [0.2, 0.25) is 0 Å². The predicted molar refractivity (Wildman–Crippen MR) is 241 cm³/mol. The number of ether oxygens (including phenoxy) is 2. The fourth-order valence-electron chi connectivity index (χ4n) is 7.71. The van der Waals surface area contributed by atoms with Crippen LogP contribution in [0.15, 0.2) is 85.2 Å². The summed E-state index contributed by atoms with van der Waals surface area (Å²) in [6.07, 6.45) is 9.01. The summed E-state index contributed by atoms with van der Waals surface area (Å²) in [5.41, 5.74) is 16.6. The van der Waals surface area contributed by atoms with Gasteiger partial charge in [-0.15, -0.1) is 22.7 Å². The lowest BCUT2D eigenvalue weighted by atomic mass is 10.0. The van der Waals surface area contributed by atoms with E-state index in [-0.39, 0.29) is 30.0 Å². The number of nitrogens with zero attached hydrogens (tertiary/aromatic N) is 4. The van der Waals surface area contributed by atoms with E-state index in [1.54, 1.807) is 22.7 Å². The van der Waals surface area contributed by atoms with Gasteiger partial charge in [0.2, 0.25) is 0 Å². The smallest absolute Gasteiger partial charge is 0.148 e. The number of nitriles is 2. The lowest BCUT2D eigenvalue weighted by molar-refractivity contribution is 0.241. The van der Waals surface area contributed by atoms with Crippen LogP contribution < -0.4 is 20.5 Å². The number of hydrogen-bond acceptors (Lipinski definition) is 12. The highest BCUT2D eigenvalue weighted by Crippen LogP contribution is 2.42. The highest BCUT2D eigenvalue weighted by molar-refractivity contribution is 7.90. The second-order valence-electron chi connectivity index (χ2n) is 15.6. The van der Waals surface area contributed by atoms with E-state index in [1.165, 1.54) is 39.6 Å². The lowest BCUT2D eigenvalue weighted by Gasteiger charge is -2.14. The van der Waals surface area contributed by atoms with E-state index in [9.17, 15) is 18.9 Å². The number of nitrogens with two attached hydrogens (primary N) is 1. The Kier molecular flexibility index (Phi) is 13.1. The van der Waals surface area contributed by atoms with E-state index < -0.39 is 9.84 Å². The minimum Gasteiger partial charge on any atom is -0.490 e. The van der Waals surface area contributed by atoms with Crippen molar-refractivity contribution >= 4 is 32.5 Å². The van der Waals surface area contributed by atoms with E-state index in [1.807, 2.05) is 76.5 Å². The van der Waals surface area contributed by atoms with Gasteiger partial charge in [-0.1, -0.05) is 36.4 Å². The zero-order valence-electron chi connectivity index (χ0n) is 34.4. The Labute approximate surface area is 360 Å². The molecular formula is C47H48N6O4S3. The molecule has 2 aliphatic rings. The van der Waals surface area contributed by atoms with Crippen molar-refractivity contribution in [3.05, 3.63) is 119 Å². The Bertz CT molecular complexity index is 2710. The van der Waals surface area contributed by atoms with Crippen molar-refractivity contribution in [3.8, 4) is 65.7 Å². The second-order valence-corrected chi connectivity index (χ2v) is 19.9. The number of sulfone groups is 1. The quantitative estimate of drug-likeness (QED) is 0.121. The summed E-state index contributed by atoms with van der Waals surface area (Å²) < 4.78 is 34.3. The zero-order chi connectivity index (χ0) is 42.6. The van der Waals surface area contributed by atoms with Gasteiger partial charge in [-0.25, -0.2) is 18.4 Å². The molecule has 308 valence electrons. The van der Waals surface area contributed by atoms with Crippen LogP contribution in [0.3, 0.4) is 0 Å². The number of thiazole rings is 2. The van der Waals surface area contributed by atoms with Crippen LogP contribution in [0.1, 0.15) is 86.0 Å². The SMILES string of the molecule is CC(C)Oc1ccc(-c2ncc(-c3cccc4c3CC[C@@H]4N)s2)cc1C#N.CC(C)Oc1ccc(-c2ncc(-c3cccc4c3CC[C@@H]4NCCS(C)(=O)=O)s2)cc1C#N. The topological polar surface area (TPSA) is 164 Å². The molecule has 0 radical (unpaired) electrons. The number of aromatic nitrogens is 2. The highest BCUT2D eigenvalue weighted by atomic mass is 32.2. The number of benzene rings is 4. The largest absolute Gasteiger partial charge is 0.490 e. The van der Waals surface area contributed by atoms with Crippen molar-refractivity contribution in [2.75, 3.05) is 18.6 Å². The molecule has 0 saturated heterocycles. The molecule has 0 bridgehead atoms. The number of nitrogens with one attached hydrogen (secondary N) is 1. The van der Waals surface area contributed by atoms with Crippen LogP contribution in [0, 0.1) is 22.7 Å². The monoisotopic (exact) mass is 856 g/mol. The maximum atomic E-state index is 11.4. The Hall–Kier alpha value is -5.41. The lowest BCUT2D eigenvalue weighted by Crippen LogP contribution is -2.25. The minimum absolute atomic E-state index is 0.000665. The first-order valence-electron chi connectivity index (χ1n) is 20.1. The molecule has 2 heterocycles. The van der Waals surface area contributed by atoms with Gasteiger partial charge < -0.3 is 20.5 Å². The highest BCUT2D eigenvalue weighted by Gasteiger charge is 2.26. The van der Waals surface area contributed by atoms with E-state index >= 15 is 0 Å². The van der Waals surface area contributed by atoms with Crippen molar-refractivity contribution in [2.45, 2.75) is 77.7 Å². The zero-order valence-corrected chi connectivity index (χ0v) is 36.8. The molecule has 0 unspecified atom stereocenters. The molecule has 13 heteroatoms. The molecular weight excluding hydrogens is 809 g/mol. The van der Waals surface area contributed by atoms with Gasteiger partial charge in [0.25, 0.3) is 0 Å². The average Bonchev–Trinajstić information content (AvgIpc) is 4.05. The fourth-order valence-corrected chi connectivity index (χ4v) is 10.1. The Morgan fingerprint density at radius 2 is 1.27 bits per heavy atom. The molecule has 8 rings (SSSR count). The minimum atomic E-state index is -2.98. The Balaban J connectivity index is 0.000000185. The fraction of sp³-hybridized carbons (Fsp3) is 0.319. The van der Waals surface area contributed by atoms with E-state index in [4.69, 9.17) is 15.2 Å². The maximum absolute atomic E-state index is 11.4. The van der Waals surface area contributed by atoms with Gasteiger partial charge in [0.05, 0.1) is 38.8 Å². The predicted octanol–water partition coefficient (Wildman–Crippen LogP) is 9.84. The van der Waals surface area contributed by atoms with Crippen molar-refractivity contribution < 1.29 is 17.9 Å². The molecule has 6 aromatic rings. The first kappa shape index (κ1) is 42.7. The molecule has 3 N–H and O–H groups in total. The molecule has 2 atom stereocenters. The molecule has 2 aromatic heterocycles. The summed E-state index contributed by atoms with van der Waals surface area (Å²) in [5.74, 6) is 1.34. The second kappa shape index (κ2) is 18.5. The molecule has 2 aliphatic carbocycles. The Morgan fingerprint density at radius 1 is 0.767 bits per heavy atom. The third kappa shape index (κ3) is 9.79. The molecule has 0 spiro atoms. The van der Waals surface area contributed by atoms with Crippen molar-refractivity contribution in [1.82, 2.24) is 15.3 Å². The van der Waals surface area contributed by atoms with Crippen LogP contribution in [-0.2, 0) is 22.7 Å². The summed E-state index contributed by atoms with van der Waals surface area (Å²) in [6.45, 7) is 8.23. The summed E-state index contributed by atoms with van der Waals surface area (Å²) in [7, 11) is -2.98.